The zero-order valence-electron chi connectivity index (χ0n) is 15.5. The Morgan fingerprint density at radius 2 is 1.96 bits per heavy atom. The first-order valence-electron chi connectivity index (χ1n) is 9.29. The van der Waals surface area contributed by atoms with Crippen molar-refractivity contribution in [3.05, 3.63) is 65.5 Å². The molecule has 0 saturated carbocycles. The van der Waals surface area contributed by atoms with Crippen LogP contribution in [0.3, 0.4) is 0 Å². The summed E-state index contributed by atoms with van der Waals surface area (Å²) in [6, 6.07) is 11.6. The summed E-state index contributed by atoms with van der Waals surface area (Å²) in [5.74, 6) is -0.775. The summed E-state index contributed by atoms with van der Waals surface area (Å²) in [5.41, 5.74) is 1.49. The molecule has 6 nitrogen and oxygen atoms in total. The van der Waals surface area contributed by atoms with Crippen LogP contribution in [-0.2, 0) is 11.3 Å². The van der Waals surface area contributed by atoms with Gasteiger partial charge in [-0.2, -0.15) is 0 Å². The number of halogens is 1. The molecule has 2 N–H and O–H groups in total. The van der Waals surface area contributed by atoms with Crippen molar-refractivity contribution in [3.63, 3.8) is 0 Å². The van der Waals surface area contributed by atoms with E-state index in [-0.39, 0.29) is 30.1 Å². The van der Waals surface area contributed by atoms with E-state index in [1.807, 2.05) is 5.32 Å². The SMILES string of the molecule is CC(=O)c1cccc(N2C(=O)[C@H]3[NH2+]CC[C@H]3N(Cc3cccc(F)c3)C2=O)c1. The topological polar surface area (TPSA) is 74.3 Å². The summed E-state index contributed by atoms with van der Waals surface area (Å²) < 4.78 is 13.6. The molecule has 0 unspecified atom stereocenters. The molecule has 7 heteroatoms. The van der Waals surface area contributed by atoms with Crippen molar-refractivity contribution < 1.29 is 24.1 Å². The molecule has 2 aromatic rings. The van der Waals surface area contributed by atoms with Gasteiger partial charge in [0.25, 0.3) is 5.91 Å². The van der Waals surface area contributed by atoms with Gasteiger partial charge in [-0.25, -0.2) is 14.1 Å². The molecule has 2 saturated heterocycles. The van der Waals surface area contributed by atoms with Gasteiger partial charge in [-0.15, -0.1) is 0 Å². The Bertz CT molecular complexity index is 961. The Labute approximate surface area is 161 Å². The largest absolute Gasteiger partial charge is 0.334 e. The summed E-state index contributed by atoms with van der Waals surface area (Å²) in [4.78, 5) is 40.9. The van der Waals surface area contributed by atoms with E-state index in [0.717, 1.165) is 11.4 Å². The van der Waals surface area contributed by atoms with E-state index in [2.05, 4.69) is 0 Å². The number of fused-ring (bicyclic) bond motifs is 1. The minimum Gasteiger partial charge on any atom is -0.334 e. The minimum absolute atomic E-state index is 0.138. The van der Waals surface area contributed by atoms with Crippen LogP contribution < -0.4 is 10.2 Å². The zero-order chi connectivity index (χ0) is 19.8. The van der Waals surface area contributed by atoms with Gasteiger partial charge < -0.3 is 10.2 Å². The van der Waals surface area contributed by atoms with Gasteiger partial charge in [-0.05, 0) is 36.8 Å². The summed E-state index contributed by atoms with van der Waals surface area (Å²) in [5, 5.41) is 1.94. The van der Waals surface area contributed by atoms with Crippen molar-refractivity contribution in [2.75, 3.05) is 11.4 Å². The van der Waals surface area contributed by atoms with Crippen LogP contribution in [0.15, 0.2) is 48.5 Å². The molecular formula is C21H21FN3O3+. The highest BCUT2D eigenvalue weighted by Gasteiger charge is 2.51. The van der Waals surface area contributed by atoms with E-state index >= 15 is 0 Å². The number of Topliss-reactive ketones (excluding diaryl/α,β-unsaturated/α-hetero) is 1. The number of anilines is 1. The van der Waals surface area contributed by atoms with Crippen molar-refractivity contribution in [2.45, 2.75) is 32.0 Å². The molecule has 3 amide bonds. The third kappa shape index (κ3) is 3.18. The molecule has 2 fully saturated rings. The fourth-order valence-corrected chi connectivity index (χ4v) is 4.03. The van der Waals surface area contributed by atoms with Gasteiger partial charge in [0, 0.05) is 18.5 Å². The first-order chi connectivity index (χ1) is 13.5. The van der Waals surface area contributed by atoms with Crippen LogP contribution in [0.25, 0.3) is 0 Å². The van der Waals surface area contributed by atoms with Crippen molar-refractivity contribution >= 4 is 23.4 Å². The number of nitrogens with zero attached hydrogens (tertiary/aromatic N) is 2. The second-order valence-electron chi connectivity index (χ2n) is 7.23. The second kappa shape index (κ2) is 7.16. The van der Waals surface area contributed by atoms with Gasteiger partial charge in [0.15, 0.2) is 11.8 Å². The average Bonchev–Trinajstić information content (AvgIpc) is 3.16. The molecule has 2 heterocycles. The quantitative estimate of drug-likeness (QED) is 0.818. The Hall–Kier alpha value is -3.06. The number of urea groups is 1. The molecule has 2 atom stereocenters. The minimum atomic E-state index is -0.438. The lowest BCUT2D eigenvalue weighted by Gasteiger charge is -2.40. The summed E-state index contributed by atoms with van der Waals surface area (Å²) in [6.45, 7) is 2.41. The van der Waals surface area contributed by atoms with Crippen LogP contribution in [0.5, 0.6) is 0 Å². The van der Waals surface area contributed by atoms with Gasteiger partial charge in [-0.3, -0.25) is 9.59 Å². The predicted molar refractivity (Wildman–Crippen MR) is 100 cm³/mol. The van der Waals surface area contributed by atoms with Gasteiger partial charge in [0.2, 0.25) is 0 Å². The summed E-state index contributed by atoms with van der Waals surface area (Å²) in [6.07, 6.45) is 0.707. The number of rotatable bonds is 4. The molecule has 2 aliphatic rings. The standard InChI is InChI=1S/C21H20FN3O3/c1-13(26)15-5-3-7-17(11-15)25-20(27)19-18(8-9-23-19)24(21(25)28)12-14-4-2-6-16(22)10-14/h2-7,10-11,18-19,23H,8-9,12H2,1H3/p+1/t18-,19+/m1/s1. The highest BCUT2D eigenvalue weighted by Crippen LogP contribution is 2.28. The number of imide groups is 1. The van der Waals surface area contributed by atoms with E-state index in [1.54, 1.807) is 41.3 Å². The number of hydrogen-bond acceptors (Lipinski definition) is 3. The maximum atomic E-state index is 13.6. The summed E-state index contributed by atoms with van der Waals surface area (Å²) in [7, 11) is 0. The lowest BCUT2D eigenvalue weighted by molar-refractivity contribution is -0.659. The van der Waals surface area contributed by atoms with E-state index in [4.69, 9.17) is 0 Å². The highest BCUT2D eigenvalue weighted by molar-refractivity contribution is 6.18. The first-order valence-corrected chi connectivity index (χ1v) is 9.29. The van der Waals surface area contributed by atoms with Crippen LogP contribution in [0, 0.1) is 5.82 Å². The Balaban J connectivity index is 1.71. The number of hydrogen-bond donors (Lipinski definition) is 1. The fraction of sp³-hybridized carbons (Fsp3) is 0.286. The number of benzene rings is 2. The van der Waals surface area contributed by atoms with E-state index < -0.39 is 12.1 Å². The molecule has 2 aliphatic heterocycles. The van der Waals surface area contributed by atoms with Gasteiger partial charge in [0.05, 0.1) is 12.2 Å². The molecule has 144 valence electrons. The Morgan fingerprint density at radius 1 is 1.18 bits per heavy atom. The lowest BCUT2D eigenvalue weighted by atomic mass is 10.0. The van der Waals surface area contributed by atoms with Crippen LogP contribution in [0.4, 0.5) is 14.9 Å². The number of carbonyl (C=O) groups is 3. The number of amides is 3. The molecule has 0 spiro atoms. The van der Waals surface area contributed by atoms with Crippen molar-refractivity contribution in [1.82, 2.24) is 4.90 Å². The van der Waals surface area contributed by atoms with Gasteiger partial charge >= 0.3 is 6.03 Å². The number of ketones is 1. The lowest BCUT2D eigenvalue weighted by Crippen LogP contribution is -2.93. The van der Waals surface area contributed by atoms with Crippen molar-refractivity contribution in [2.24, 2.45) is 0 Å². The monoisotopic (exact) mass is 382 g/mol. The van der Waals surface area contributed by atoms with Crippen LogP contribution in [0.1, 0.15) is 29.3 Å². The molecule has 0 radical (unpaired) electrons. The normalized spacial score (nSPS) is 21.8. The summed E-state index contributed by atoms with van der Waals surface area (Å²) >= 11 is 0. The van der Waals surface area contributed by atoms with Crippen LogP contribution in [0.2, 0.25) is 0 Å². The maximum absolute atomic E-state index is 13.6. The third-order valence-electron chi connectivity index (χ3n) is 5.39. The molecule has 4 rings (SSSR count). The molecule has 0 bridgehead atoms. The van der Waals surface area contributed by atoms with Gasteiger partial charge in [-0.1, -0.05) is 24.3 Å². The van der Waals surface area contributed by atoms with E-state index in [1.165, 1.54) is 19.1 Å². The molecule has 2 aromatic carbocycles. The van der Waals surface area contributed by atoms with Gasteiger partial charge in [0.1, 0.15) is 11.9 Å². The second-order valence-corrected chi connectivity index (χ2v) is 7.23. The first kappa shape index (κ1) is 18.3. The van der Waals surface area contributed by atoms with Crippen molar-refractivity contribution in [3.8, 4) is 0 Å². The van der Waals surface area contributed by atoms with Crippen molar-refractivity contribution in [1.29, 1.82) is 0 Å². The third-order valence-corrected chi connectivity index (χ3v) is 5.39. The molecule has 28 heavy (non-hydrogen) atoms. The maximum Gasteiger partial charge on any atom is 0.332 e. The highest BCUT2D eigenvalue weighted by atomic mass is 19.1. The molecule has 0 aliphatic carbocycles. The molecular weight excluding hydrogens is 361 g/mol. The predicted octanol–water partition coefficient (Wildman–Crippen LogP) is 1.70. The molecule has 0 aromatic heterocycles. The van der Waals surface area contributed by atoms with Crippen LogP contribution >= 0.6 is 0 Å². The Kier molecular flexibility index (Phi) is 4.68. The van der Waals surface area contributed by atoms with E-state index in [9.17, 15) is 18.8 Å². The Morgan fingerprint density at radius 3 is 2.71 bits per heavy atom. The number of quaternary nitrogens is 1. The number of nitrogens with two attached hydrogens (primary N) is 1. The zero-order valence-corrected chi connectivity index (χ0v) is 15.5. The fourth-order valence-electron chi connectivity index (χ4n) is 4.03. The van der Waals surface area contributed by atoms with E-state index in [0.29, 0.717) is 23.2 Å². The average molecular weight is 382 g/mol. The smallest absolute Gasteiger partial charge is 0.332 e. The van der Waals surface area contributed by atoms with Crippen LogP contribution in [-0.4, -0.2) is 41.2 Å². The number of carbonyl (C=O) groups excluding carboxylic acids is 3.